The SMILES string of the molecule is CCOC(=O)C1=CN2C=CC=CC2=CCC1C. The summed E-state index contributed by atoms with van der Waals surface area (Å²) in [6.07, 6.45) is 12.8. The molecule has 0 saturated heterocycles. The summed E-state index contributed by atoms with van der Waals surface area (Å²) < 4.78 is 5.09. The summed E-state index contributed by atoms with van der Waals surface area (Å²) in [6, 6.07) is 0. The molecule has 0 amide bonds. The van der Waals surface area contributed by atoms with E-state index in [0.717, 1.165) is 17.7 Å². The summed E-state index contributed by atoms with van der Waals surface area (Å²) in [5.74, 6) is -0.0217. The second-order valence-electron chi connectivity index (χ2n) is 4.18. The number of ether oxygens (including phenoxy) is 1. The van der Waals surface area contributed by atoms with E-state index in [0.29, 0.717) is 6.61 Å². The van der Waals surface area contributed by atoms with Crippen molar-refractivity contribution in [1.29, 1.82) is 0 Å². The van der Waals surface area contributed by atoms with Gasteiger partial charge in [-0.2, -0.15) is 0 Å². The van der Waals surface area contributed by atoms with Gasteiger partial charge < -0.3 is 9.64 Å². The molecule has 0 bridgehead atoms. The van der Waals surface area contributed by atoms with Gasteiger partial charge in [0.1, 0.15) is 0 Å². The van der Waals surface area contributed by atoms with Gasteiger partial charge in [-0.3, -0.25) is 0 Å². The monoisotopic (exact) mass is 231 g/mol. The first-order valence-electron chi connectivity index (χ1n) is 5.94. The lowest BCUT2D eigenvalue weighted by Gasteiger charge is -2.19. The highest BCUT2D eigenvalue weighted by Gasteiger charge is 2.22. The highest BCUT2D eigenvalue weighted by atomic mass is 16.5. The van der Waals surface area contributed by atoms with Crippen molar-refractivity contribution in [3.8, 4) is 0 Å². The first-order valence-corrected chi connectivity index (χ1v) is 5.94. The van der Waals surface area contributed by atoms with Crippen molar-refractivity contribution in [3.63, 3.8) is 0 Å². The number of carbonyl (C=O) groups is 1. The van der Waals surface area contributed by atoms with E-state index in [-0.39, 0.29) is 11.9 Å². The van der Waals surface area contributed by atoms with Gasteiger partial charge in [0.2, 0.25) is 0 Å². The zero-order valence-corrected chi connectivity index (χ0v) is 10.2. The second kappa shape index (κ2) is 5.04. The number of fused-ring (bicyclic) bond motifs is 1. The molecule has 2 aliphatic heterocycles. The van der Waals surface area contributed by atoms with E-state index in [1.807, 2.05) is 49.4 Å². The smallest absolute Gasteiger partial charge is 0.335 e. The highest BCUT2D eigenvalue weighted by molar-refractivity contribution is 5.89. The molecule has 0 saturated carbocycles. The average Bonchev–Trinajstić information content (AvgIpc) is 2.50. The van der Waals surface area contributed by atoms with Gasteiger partial charge in [0.15, 0.2) is 0 Å². The lowest BCUT2D eigenvalue weighted by molar-refractivity contribution is -0.139. The van der Waals surface area contributed by atoms with Crippen molar-refractivity contribution in [3.05, 3.63) is 48.0 Å². The van der Waals surface area contributed by atoms with E-state index in [2.05, 4.69) is 6.08 Å². The second-order valence-corrected chi connectivity index (χ2v) is 4.18. The average molecular weight is 231 g/mol. The lowest BCUT2D eigenvalue weighted by Crippen LogP contribution is -2.16. The first kappa shape index (κ1) is 11.7. The largest absolute Gasteiger partial charge is 0.463 e. The van der Waals surface area contributed by atoms with Crippen LogP contribution in [0.4, 0.5) is 0 Å². The maximum absolute atomic E-state index is 11.9. The molecule has 0 aromatic rings. The van der Waals surface area contributed by atoms with Crippen molar-refractivity contribution < 1.29 is 9.53 Å². The molecule has 0 aromatic heterocycles. The van der Waals surface area contributed by atoms with E-state index < -0.39 is 0 Å². The van der Waals surface area contributed by atoms with E-state index >= 15 is 0 Å². The number of allylic oxidation sites excluding steroid dienone is 4. The molecule has 0 aromatic carbocycles. The van der Waals surface area contributed by atoms with Crippen molar-refractivity contribution >= 4 is 5.97 Å². The van der Waals surface area contributed by atoms with Gasteiger partial charge in [0.05, 0.1) is 12.2 Å². The van der Waals surface area contributed by atoms with Crippen molar-refractivity contribution in [1.82, 2.24) is 4.90 Å². The summed E-state index contributed by atoms with van der Waals surface area (Å²) in [7, 11) is 0. The highest BCUT2D eigenvalue weighted by Crippen LogP contribution is 2.26. The Labute approximate surface area is 102 Å². The van der Waals surface area contributed by atoms with Crippen molar-refractivity contribution in [2.45, 2.75) is 20.3 Å². The number of hydrogen-bond donors (Lipinski definition) is 0. The van der Waals surface area contributed by atoms with Crippen LogP contribution in [-0.4, -0.2) is 17.5 Å². The predicted octanol–water partition coefficient (Wildman–Crippen LogP) is 2.74. The van der Waals surface area contributed by atoms with E-state index in [1.54, 1.807) is 0 Å². The molecule has 1 atom stereocenters. The summed E-state index contributed by atoms with van der Waals surface area (Å²) in [6.45, 7) is 4.29. The van der Waals surface area contributed by atoms with Gasteiger partial charge in [-0.15, -0.1) is 0 Å². The number of carbonyl (C=O) groups excluding carboxylic acids is 1. The van der Waals surface area contributed by atoms with Crippen LogP contribution in [0, 0.1) is 5.92 Å². The normalized spacial score (nSPS) is 22.5. The van der Waals surface area contributed by atoms with E-state index in [9.17, 15) is 4.79 Å². The predicted molar refractivity (Wildman–Crippen MR) is 66.7 cm³/mol. The maximum Gasteiger partial charge on any atom is 0.335 e. The van der Waals surface area contributed by atoms with E-state index in [4.69, 9.17) is 4.74 Å². The molecular weight excluding hydrogens is 214 g/mol. The molecule has 2 aliphatic rings. The molecule has 17 heavy (non-hydrogen) atoms. The van der Waals surface area contributed by atoms with Crippen LogP contribution in [0.15, 0.2) is 48.0 Å². The first-order chi connectivity index (χ1) is 8.22. The fourth-order valence-corrected chi connectivity index (χ4v) is 1.93. The quantitative estimate of drug-likeness (QED) is 0.684. The maximum atomic E-state index is 11.9. The Morgan fingerprint density at radius 1 is 1.53 bits per heavy atom. The van der Waals surface area contributed by atoms with Crippen LogP contribution < -0.4 is 0 Å². The van der Waals surface area contributed by atoms with Crippen LogP contribution in [0.3, 0.4) is 0 Å². The summed E-state index contributed by atoms with van der Waals surface area (Å²) >= 11 is 0. The molecule has 0 aliphatic carbocycles. The molecule has 1 unspecified atom stereocenters. The molecule has 0 spiro atoms. The molecule has 3 heteroatoms. The summed E-state index contributed by atoms with van der Waals surface area (Å²) in [5.41, 5.74) is 1.84. The van der Waals surface area contributed by atoms with E-state index in [1.165, 1.54) is 0 Å². The Hall–Kier alpha value is -1.77. The molecule has 0 N–H and O–H groups in total. The van der Waals surface area contributed by atoms with Crippen LogP contribution in [-0.2, 0) is 9.53 Å². The standard InChI is InChI=1S/C14H17NO2/c1-3-17-14(16)13-10-15-9-5-4-6-12(15)8-7-11(13)2/h4-6,8-11H,3,7H2,1-2H3. The van der Waals surface area contributed by atoms with Crippen LogP contribution in [0.2, 0.25) is 0 Å². The fourth-order valence-electron chi connectivity index (χ4n) is 1.93. The van der Waals surface area contributed by atoms with Gasteiger partial charge in [0, 0.05) is 18.1 Å². The Bertz CT molecular complexity index is 430. The third kappa shape index (κ3) is 2.49. The lowest BCUT2D eigenvalue weighted by atomic mass is 9.99. The third-order valence-electron chi connectivity index (χ3n) is 2.92. The van der Waals surface area contributed by atoms with Crippen molar-refractivity contribution in [2.24, 2.45) is 5.92 Å². The molecular formula is C14H17NO2. The van der Waals surface area contributed by atoms with Gasteiger partial charge in [-0.25, -0.2) is 4.79 Å². The van der Waals surface area contributed by atoms with Gasteiger partial charge in [0.25, 0.3) is 0 Å². The molecule has 0 radical (unpaired) electrons. The van der Waals surface area contributed by atoms with Crippen LogP contribution in [0.1, 0.15) is 20.3 Å². The molecule has 2 heterocycles. The Kier molecular flexibility index (Phi) is 3.47. The minimum absolute atomic E-state index is 0.189. The Morgan fingerprint density at radius 3 is 3.12 bits per heavy atom. The summed E-state index contributed by atoms with van der Waals surface area (Å²) in [4.78, 5) is 13.8. The van der Waals surface area contributed by atoms with Crippen LogP contribution in [0.25, 0.3) is 0 Å². The summed E-state index contributed by atoms with van der Waals surface area (Å²) in [5, 5.41) is 0. The molecule has 90 valence electrons. The fraction of sp³-hybridized carbons (Fsp3) is 0.357. The third-order valence-corrected chi connectivity index (χ3v) is 2.92. The van der Waals surface area contributed by atoms with Gasteiger partial charge >= 0.3 is 5.97 Å². The molecule has 2 rings (SSSR count). The Balaban J connectivity index is 2.27. The molecule has 3 nitrogen and oxygen atoms in total. The minimum Gasteiger partial charge on any atom is -0.463 e. The van der Waals surface area contributed by atoms with Gasteiger partial charge in [-0.05, 0) is 31.4 Å². The Morgan fingerprint density at radius 2 is 2.35 bits per heavy atom. The number of hydrogen-bond acceptors (Lipinski definition) is 3. The zero-order valence-electron chi connectivity index (χ0n) is 10.2. The van der Waals surface area contributed by atoms with Crippen molar-refractivity contribution in [2.75, 3.05) is 6.61 Å². The number of esters is 1. The number of rotatable bonds is 2. The number of nitrogens with zero attached hydrogens (tertiary/aromatic N) is 1. The van der Waals surface area contributed by atoms with Gasteiger partial charge in [-0.1, -0.05) is 19.1 Å². The van der Waals surface area contributed by atoms with Crippen LogP contribution >= 0.6 is 0 Å². The van der Waals surface area contributed by atoms with Crippen LogP contribution in [0.5, 0.6) is 0 Å². The zero-order chi connectivity index (χ0) is 12.3. The topological polar surface area (TPSA) is 29.5 Å². The minimum atomic E-state index is -0.211. The molecule has 0 fully saturated rings.